The van der Waals surface area contributed by atoms with Crippen LogP contribution in [0.5, 0.6) is 0 Å². The third kappa shape index (κ3) is 3.05. The molecule has 4 fully saturated rings. The van der Waals surface area contributed by atoms with Crippen LogP contribution in [0.3, 0.4) is 0 Å². The molecule has 0 radical (unpaired) electrons. The molecule has 0 spiro atoms. The summed E-state index contributed by atoms with van der Waals surface area (Å²) >= 11 is 0. The summed E-state index contributed by atoms with van der Waals surface area (Å²) in [7, 11) is 0. The first-order valence-electron chi connectivity index (χ1n) is 9.38. The molecule has 1 aromatic carbocycles. The summed E-state index contributed by atoms with van der Waals surface area (Å²) in [5.41, 5.74) is 4.09. The molecular formula is C21H29NO. The second-order valence-electron chi connectivity index (χ2n) is 8.68. The van der Waals surface area contributed by atoms with Crippen molar-refractivity contribution in [2.45, 2.75) is 70.8 Å². The Morgan fingerprint density at radius 1 is 1.09 bits per heavy atom. The lowest BCUT2D eigenvalue weighted by atomic mass is 9.53. The highest BCUT2D eigenvalue weighted by atomic mass is 16.1. The van der Waals surface area contributed by atoms with Gasteiger partial charge in [-0.25, -0.2) is 0 Å². The standard InChI is InChI=1S/C21H29NO/c1-14-3-4-19(15(2)7-14)5-6-20(23)22-21-11-16-8-17(12-21)10-18(9-16)13-21/h3-4,7,16-18H,5-6,8-13H2,1-2H3,(H,22,23). The Labute approximate surface area is 140 Å². The van der Waals surface area contributed by atoms with Crippen LogP contribution >= 0.6 is 0 Å². The molecule has 0 saturated heterocycles. The van der Waals surface area contributed by atoms with Crippen LogP contribution in [0.4, 0.5) is 0 Å². The third-order valence-corrected chi connectivity index (χ3v) is 6.56. The molecule has 1 amide bonds. The Bertz CT molecular complexity index is 583. The number of carbonyl (C=O) groups excluding carboxylic acids is 1. The number of nitrogens with one attached hydrogen (secondary N) is 1. The first-order chi connectivity index (χ1) is 11.0. The van der Waals surface area contributed by atoms with E-state index in [1.807, 2.05) is 0 Å². The molecule has 4 saturated carbocycles. The van der Waals surface area contributed by atoms with Crippen LogP contribution < -0.4 is 5.32 Å². The van der Waals surface area contributed by atoms with E-state index in [0.29, 0.717) is 6.42 Å². The Kier molecular flexibility index (Phi) is 3.74. The summed E-state index contributed by atoms with van der Waals surface area (Å²) in [6, 6.07) is 6.55. The fourth-order valence-corrected chi connectivity index (χ4v) is 6.00. The second kappa shape index (κ2) is 5.65. The lowest BCUT2D eigenvalue weighted by molar-refractivity contribution is -0.126. The molecule has 0 atom stereocenters. The zero-order chi connectivity index (χ0) is 16.0. The average molecular weight is 311 g/mol. The van der Waals surface area contributed by atoms with Crippen molar-refractivity contribution in [2.24, 2.45) is 17.8 Å². The summed E-state index contributed by atoms with van der Waals surface area (Å²) in [4.78, 5) is 12.6. The lowest BCUT2D eigenvalue weighted by Crippen LogP contribution is -2.59. The third-order valence-electron chi connectivity index (χ3n) is 6.56. The van der Waals surface area contributed by atoms with E-state index in [4.69, 9.17) is 0 Å². The summed E-state index contributed by atoms with van der Waals surface area (Å²) in [5.74, 6) is 2.94. The van der Waals surface area contributed by atoms with Crippen LogP contribution in [0.25, 0.3) is 0 Å². The second-order valence-corrected chi connectivity index (χ2v) is 8.68. The van der Waals surface area contributed by atoms with Gasteiger partial charge in [0, 0.05) is 12.0 Å². The minimum absolute atomic E-state index is 0.161. The molecule has 0 unspecified atom stereocenters. The largest absolute Gasteiger partial charge is 0.351 e. The lowest BCUT2D eigenvalue weighted by Gasteiger charge is -2.56. The molecule has 2 heteroatoms. The number of benzene rings is 1. The van der Waals surface area contributed by atoms with E-state index in [-0.39, 0.29) is 11.4 Å². The van der Waals surface area contributed by atoms with Crippen LogP contribution in [0.1, 0.15) is 61.6 Å². The molecule has 2 nitrogen and oxygen atoms in total. The number of aryl methyl sites for hydroxylation is 3. The zero-order valence-electron chi connectivity index (χ0n) is 14.5. The number of rotatable bonds is 4. The molecule has 0 aliphatic heterocycles. The van der Waals surface area contributed by atoms with Gasteiger partial charge in [0.15, 0.2) is 0 Å². The van der Waals surface area contributed by atoms with Crippen LogP contribution in [0, 0.1) is 31.6 Å². The van der Waals surface area contributed by atoms with Gasteiger partial charge in [-0.1, -0.05) is 23.8 Å². The van der Waals surface area contributed by atoms with Crippen molar-refractivity contribution in [2.75, 3.05) is 0 Å². The van der Waals surface area contributed by atoms with Crippen LogP contribution in [0.15, 0.2) is 18.2 Å². The van der Waals surface area contributed by atoms with Gasteiger partial charge in [0.25, 0.3) is 0 Å². The Morgan fingerprint density at radius 2 is 1.70 bits per heavy atom. The number of amides is 1. The van der Waals surface area contributed by atoms with Crippen molar-refractivity contribution < 1.29 is 4.79 Å². The van der Waals surface area contributed by atoms with Gasteiger partial charge in [-0.3, -0.25) is 4.79 Å². The average Bonchev–Trinajstić information content (AvgIpc) is 2.44. The Morgan fingerprint density at radius 3 is 2.26 bits per heavy atom. The highest BCUT2D eigenvalue weighted by Gasteiger charge is 2.51. The first kappa shape index (κ1) is 15.2. The fraction of sp³-hybridized carbons (Fsp3) is 0.667. The minimum Gasteiger partial charge on any atom is -0.351 e. The summed E-state index contributed by atoms with van der Waals surface area (Å²) in [6.45, 7) is 4.27. The summed E-state index contributed by atoms with van der Waals surface area (Å²) < 4.78 is 0. The van der Waals surface area contributed by atoms with Crippen LogP contribution in [0.2, 0.25) is 0 Å². The minimum atomic E-state index is 0.161. The zero-order valence-corrected chi connectivity index (χ0v) is 14.5. The van der Waals surface area contributed by atoms with Gasteiger partial charge in [0.1, 0.15) is 0 Å². The van der Waals surface area contributed by atoms with Crippen molar-refractivity contribution in [1.29, 1.82) is 0 Å². The number of hydrogen-bond acceptors (Lipinski definition) is 1. The highest BCUT2D eigenvalue weighted by molar-refractivity contribution is 5.77. The van der Waals surface area contributed by atoms with E-state index >= 15 is 0 Å². The maximum atomic E-state index is 12.6. The van der Waals surface area contributed by atoms with Crippen molar-refractivity contribution in [3.63, 3.8) is 0 Å². The van der Waals surface area contributed by atoms with E-state index < -0.39 is 0 Å². The molecule has 1 N–H and O–H groups in total. The monoisotopic (exact) mass is 311 g/mol. The SMILES string of the molecule is Cc1ccc(CCC(=O)NC23CC4CC(CC(C4)C2)C3)c(C)c1. The predicted molar refractivity (Wildman–Crippen MR) is 93.3 cm³/mol. The summed E-state index contributed by atoms with van der Waals surface area (Å²) in [6.07, 6.45) is 9.51. The van der Waals surface area contributed by atoms with Gasteiger partial charge >= 0.3 is 0 Å². The van der Waals surface area contributed by atoms with Crippen LogP contribution in [-0.4, -0.2) is 11.4 Å². The van der Waals surface area contributed by atoms with Crippen molar-refractivity contribution in [3.8, 4) is 0 Å². The maximum absolute atomic E-state index is 12.6. The molecule has 1 aromatic rings. The van der Waals surface area contributed by atoms with Crippen molar-refractivity contribution in [3.05, 3.63) is 34.9 Å². The van der Waals surface area contributed by atoms with E-state index in [1.54, 1.807) is 0 Å². The first-order valence-corrected chi connectivity index (χ1v) is 9.38. The fourth-order valence-electron chi connectivity index (χ4n) is 6.00. The molecular weight excluding hydrogens is 282 g/mol. The number of carbonyl (C=O) groups is 1. The van der Waals surface area contributed by atoms with E-state index in [2.05, 4.69) is 37.4 Å². The van der Waals surface area contributed by atoms with Crippen LogP contribution in [-0.2, 0) is 11.2 Å². The van der Waals surface area contributed by atoms with E-state index in [9.17, 15) is 4.79 Å². The summed E-state index contributed by atoms with van der Waals surface area (Å²) in [5, 5.41) is 3.49. The number of hydrogen-bond donors (Lipinski definition) is 1. The molecule has 5 rings (SSSR count). The molecule has 124 valence electrons. The van der Waals surface area contributed by atoms with Crippen molar-refractivity contribution >= 4 is 5.91 Å². The van der Waals surface area contributed by atoms with Gasteiger partial charge in [-0.2, -0.15) is 0 Å². The maximum Gasteiger partial charge on any atom is 0.220 e. The van der Waals surface area contributed by atoms with Gasteiger partial charge in [-0.15, -0.1) is 0 Å². The molecule has 0 aromatic heterocycles. The Hall–Kier alpha value is -1.31. The quantitative estimate of drug-likeness (QED) is 0.881. The predicted octanol–water partition coefficient (Wildman–Crippen LogP) is 4.32. The van der Waals surface area contributed by atoms with Gasteiger partial charge in [-0.05, 0) is 87.7 Å². The van der Waals surface area contributed by atoms with Crippen molar-refractivity contribution in [1.82, 2.24) is 5.32 Å². The molecule has 23 heavy (non-hydrogen) atoms. The smallest absolute Gasteiger partial charge is 0.220 e. The molecule has 0 heterocycles. The normalized spacial score (nSPS) is 34.6. The van der Waals surface area contributed by atoms with E-state index in [0.717, 1.165) is 24.2 Å². The van der Waals surface area contributed by atoms with Gasteiger partial charge < -0.3 is 5.32 Å². The highest BCUT2D eigenvalue weighted by Crippen LogP contribution is 2.55. The van der Waals surface area contributed by atoms with Gasteiger partial charge in [0.2, 0.25) is 5.91 Å². The topological polar surface area (TPSA) is 29.1 Å². The molecule has 4 aliphatic rings. The molecule has 4 aliphatic carbocycles. The molecule has 4 bridgehead atoms. The Balaban J connectivity index is 1.37. The van der Waals surface area contributed by atoms with E-state index in [1.165, 1.54) is 55.2 Å². The van der Waals surface area contributed by atoms with Gasteiger partial charge in [0.05, 0.1) is 0 Å².